The molecule has 0 aliphatic heterocycles. The number of benzene rings is 2. The number of fused-ring (bicyclic) bond motifs is 5. The number of aromatic nitrogens is 5. The minimum atomic E-state index is -0.483. The van der Waals surface area contributed by atoms with Crippen molar-refractivity contribution >= 4 is 39.5 Å². The maximum absolute atomic E-state index is 13.9. The Bertz CT molecular complexity index is 1650. The van der Waals surface area contributed by atoms with Gasteiger partial charge in [-0.2, -0.15) is 4.52 Å². The highest BCUT2D eigenvalue weighted by molar-refractivity contribution is 6.07. The summed E-state index contributed by atoms with van der Waals surface area (Å²) in [5.41, 5.74) is 3.41. The highest BCUT2D eigenvalue weighted by Crippen LogP contribution is 2.29. The molecule has 0 fully saturated rings. The summed E-state index contributed by atoms with van der Waals surface area (Å²) in [6.07, 6.45) is 0.535. The van der Waals surface area contributed by atoms with Crippen molar-refractivity contribution in [2.24, 2.45) is 7.05 Å². The lowest BCUT2D eigenvalue weighted by molar-refractivity contribution is -0.143. The number of carbonyl (C=O) groups excluding carboxylic acids is 2. The molecule has 3 heterocycles. The summed E-state index contributed by atoms with van der Waals surface area (Å²) in [4.78, 5) is 37.7. The number of hydrogen-bond donors (Lipinski definition) is 1. The van der Waals surface area contributed by atoms with Gasteiger partial charge in [-0.15, -0.1) is 5.10 Å². The van der Waals surface area contributed by atoms with Gasteiger partial charge >= 0.3 is 5.97 Å². The van der Waals surface area contributed by atoms with Gasteiger partial charge in [0, 0.05) is 31.0 Å². The van der Waals surface area contributed by atoms with Crippen LogP contribution in [0.3, 0.4) is 0 Å². The van der Waals surface area contributed by atoms with Crippen molar-refractivity contribution in [2.45, 2.75) is 26.3 Å². The quantitative estimate of drug-likeness (QED) is 0.338. The van der Waals surface area contributed by atoms with Crippen LogP contribution in [0, 0.1) is 0 Å². The van der Waals surface area contributed by atoms with Crippen LogP contribution >= 0.6 is 0 Å². The zero-order valence-corrected chi connectivity index (χ0v) is 20.1. The summed E-state index contributed by atoms with van der Waals surface area (Å²) in [5, 5.41) is 12.8. The van der Waals surface area contributed by atoms with E-state index in [0.717, 1.165) is 16.5 Å². The molecule has 10 nitrogen and oxygen atoms in total. The van der Waals surface area contributed by atoms with E-state index in [2.05, 4.69) is 15.6 Å². The molecule has 5 rings (SSSR count). The zero-order valence-electron chi connectivity index (χ0n) is 20.1. The zero-order chi connectivity index (χ0) is 25.2. The summed E-state index contributed by atoms with van der Waals surface area (Å²) in [6, 6.07) is 17.3. The van der Waals surface area contributed by atoms with Gasteiger partial charge in [0.2, 0.25) is 5.91 Å². The van der Waals surface area contributed by atoms with Gasteiger partial charge in [-0.25, -0.2) is 0 Å². The van der Waals surface area contributed by atoms with Crippen molar-refractivity contribution in [3.63, 3.8) is 0 Å². The number of carbonyl (C=O) groups is 2. The Morgan fingerprint density at radius 2 is 1.78 bits per heavy atom. The lowest BCUT2D eigenvalue weighted by Gasteiger charge is -2.11. The second-order valence-corrected chi connectivity index (χ2v) is 8.46. The number of rotatable bonds is 8. The van der Waals surface area contributed by atoms with Gasteiger partial charge in [0.1, 0.15) is 12.2 Å². The van der Waals surface area contributed by atoms with Gasteiger partial charge in [-0.1, -0.05) is 53.7 Å². The molecule has 2 aromatic carbocycles. The van der Waals surface area contributed by atoms with Crippen LogP contribution in [0.4, 0.5) is 0 Å². The summed E-state index contributed by atoms with van der Waals surface area (Å²) in [5.74, 6) is -0.767. The third-order valence-corrected chi connectivity index (χ3v) is 6.21. The Morgan fingerprint density at radius 3 is 2.56 bits per heavy atom. The van der Waals surface area contributed by atoms with E-state index in [-0.39, 0.29) is 37.6 Å². The molecule has 0 spiro atoms. The van der Waals surface area contributed by atoms with Gasteiger partial charge in [0.05, 0.1) is 17.5 Å². The minimum Gasteiger partial charge on any atom is -0.465 e. The standard InChI is InChI=1S/C26H26N6O4/c1-3-36-21(34)16-27-20(33)14-9-15-31-25-23(17-10-5-4-6-11-17)28-29-32(25)24-22(26(31)35)18-12-7-8-13-19(18)30(24)2/h4-8,10-13H,3,9,14-16H2,1-2H3,(H,27,33). The molecule has 10 heteroatoms. The topological polar surface area (TPSA) is 113 Å². The Morgan fingerprint density at radius 1 is 1.03 bits per heavy atom. The third-order valence-electron chi connectivity index (χ3n) is 6.21. The predicted octanol–water partition coefficient (Wildman–Crippen LogP) is 2.66. The van der Waals surface area contributed by atoms with E-state index in [9.17, 15) is 14.4 Å². The van der Waals surface area contributed by atoms with Gasteiger partial charge in [0.25, 0.3) is 5.56 Å². The molecule has 0 saturated heterocycles. The Kier molecular flexibility index (Phi) is 6.24. The van der Waals surface area contributed by atoms with Crippen LogP contribution in [-0.4, -0.2) is 49.0 Å². The van der Waals surface area contributed by atoms with Crippen LogP contribution in [0.5, 0.6) is 0 Å². The number of ether oxygens (including phenoxy) is 1. The lowest BCUT2D eigenvalue weighted by atomic mass is 10.1. The molecule has 0 unspecified atom stereocenters. The van der Waals surface area contributed by atoms with E-state index in [1.807, 2.05) is 66.2 Å². The van der Waals surface area contributed by atoms with Crippen molar-refractivity contribution in [3.05, 3.63) is 65.0 Å². The number of esters is 1. The molecule has 5 aromatic rings. The predicted molar refractivity (Wildman–Crippen MR) is 136 cm³/mol. The lowest BCUT2D eigenvalue weighted by Crippen LogP contribution is -2.31. The van der Waals surface area contributed by atoms with E-state index < -0.39 is 5.97 Å². The molecular formula is C26H26N6O4. The highest BCUT2D eigenvalue weighted by Gasteiger charge is 2.23. The third kappa shape index (κ3) is 4.00. The highest BCUT2D eigenvalue weighted by atomic mass is 16.5. The van der Waals surface area contributed by atoms with Crippen molar-refractivity contribution in [2.75, 3.05) is 13.2 Å². The smallest absolute Gasteiger partial charge is 0.325 e. The van der Waals surface area contributed by atoms with Gasteiger partial charge in [0.15, 0.2) is 11.3 Å². The monoisotopic (exact) mass is 486 g/mol. The first-order chi connectivity index (χ1) is 17.5. The molecule has 0 aliphatic rings. The van der Waals surface area contributed by atoms with E-state index in [1.165, 1.54) is 0 Å². The van der Waals surface area contributed by atoms with Crippen LogP contribution in [0.15, 0.2) is 59.4 Å². The van der Waals surface area contributed by atoms with Crippen molar-refractivity contribution in [1.29, 1.82) is 0 Å². The van der Waals surface area contributed by atoms with Crippen LogP contribution < -0.4 is 10.9 Å². The van der Waals surface area contributed by atoms with Crippen molar-refractivity contribution in [1.82, 2.24) is 29.3 Å². The first kappa shape index (κ1) is 23.3. The molecule has 0 atom stereocenters. The fourth-order valence-corrected chi connectivity index (χ4v) is 4.59. The van der Waals surface area contributed by atoms with Crippen LogP contribution in [0.25, 0.3) is 38.8 Å². The average Bonchev–Trinajstić information content (AvgIpc) is 3.45. The van der Waals surface area contributed by atoms with Gasteiger partial charge in [-0.05, 0) is 19.4 Å². The van der Waals surface area contributed by atoms with Gasteiger partial charge in [-0.3, -0.25) is 19.0 Å². The van der Waals surface area contributed by atoms with Crippen LogP contribution in [0.2, 0.25) is 0 Å². The summed E-state index contributed by atoms with van der Waals surface area (Å²) >= 11 is 0. The summed E-state index contributed by atoms with van der Waals surface area (Å²) in [7, 11) is 1.91. The van der Waals surface area contributed by atoms with E-state index in [1.54, 1.807) is 16.0 Å². The SMILES string of the molecule is CCOC(=O)CNC(=O)CCCn1c(=O)c2c3ccccc3n(C)c2n2nnc(-c3ccccc3)c12. The molecule has 36 heavy (non-hydrogen) atoms. The van der Waals surface area contributed by atoms with Gasteiger partial charge < -0.3 is 14.6 Å². The van der Waals surface area contributed by atoms with E-state index in [4.69, 9.17) is 4.74 Å². The molecule has 3 aromatic heterocycles. The molecule has 0 aliphatic carbocycles. The average molecular weight is 487 g/mol. The molecule has 0 bridgehead atoms. The van der Waals surface area contributed by atoms with Crippen molar-refractivity contribution < 1.29 is 14.3 Å². The molecule has 184 valence electrons. The largest absolute Gasteiger partial charge is 0.465 e. The number of hydrogen-bond acceptors (Lipinski definition) is 6. The number of amides is 1. The maximum atomic E-state index is 13.9. The Balaban J connectivity index is 1.58. The van der Waals surface area contributed by atoms with E-state index in [0.29, 0.717) is 28.8 Å². The molecular weight excluding hydrogens is 460 g/mol. The second kappa shape index (κ2) is 9.65. The van der Waals surface area contributed by atoms with E-state index >= 15 is 0 Å². The fourth-order valence-electron chi connectivity index (χ4n) is 4.59. The molecule has 0 radical (unpaired) electrons. The minimum absolute atomic E-state index is 0.147. The number of aryl methyl sites for hydroxylation is 2. The second-order valence-electron chi connectivity index (χ2n) is 8.46. The van der Waals surface area contributed by atoms with Crippen LogP contribution in [0.1, 0.15) is 19.8 Å². The molecule has 1 amide bonds. The fraction of sp³-hybridized carbons (Fsp3) is 0.269. The normalized spacial score (nSPS) is 11.4. The number of nitrogens with zero attached hydrogens (tertiary/aromatic N) is 5. The first-order valence-electron chi connectivity index (χ1n) is 11.8. The maximum Gasteiger partial charge on any atom is 0.325 e. The molecule has 0 saturated carbocycles. The summed E-state index contributed by atoms with van der Waals surface area (Å²) in [6.45, 7) is 2.07. The van der Waals surface area contributed by atoms with Crippen LogP contribution in [-0.2, 0) is 27.9 Å². The molecule has 1 N–H and O–H groups in total. The summed E-state index contributed by atoms with van der Waals surface area (Å²) < 4.78 is 10.1. The Labute approximate surface area is 206 Å². The number of para-hydroxylation sites is 1. The van der Waals surface area contributed by atoms with Crippen molar-refractivity contribution in [3.8, 4) is 11.3 Å². The Hall–Kier alpha value is -4.47. The first-order valence-corrected chi connectivity index (χ1v) is 11.8. The number of nitrogens with one attached hydrogen (secondary N) is 1.